The SMILES string of the molecule is CCc1ccc(C(Cc2sccc2Br)NN)o1. The van der Waals surface area contributed by atoms with E-state index in [1.807, 2.05) is 18.2 Å². The number of hydrogen-bond acceptors (Lipinski definition) is 4. The first-order valence-electron chi connectivity index (χ1n) is 5.51. The van der Waals surface area contributed by atoms with Crippen LogP contribution in [0.1, 0.15) is 29.4 Å². The lowest BCUT2D eigenvalue weighted by Crippen LogP contribution is -2.29. The van der Waals surface area contributed by atoms with Crippen LogP contribution in [0, 0.1) is 0 Å². The van der Waals surface area contributed by atoms with E-state index in [4.69, 9.17) is 10.3 Å². The van der Waals surface area contributed by atoms with Gasteiger partial charge >= 0.3 is 0 Å². The first-order valence-corrected chi connectivity index (χ1v) is 7.18. The molecule has 0 aliphatic carbocycles. The average Bonchev–Trinajstić information content (AvgIpc) is 2.95. The van der Waals surface area contributed by atoms with Crippen molar-refractivity contribution >= 4 is 27.3 Å². The highest BCUT2D eigenvalue weighted by Gasteiger charge is 2.16. The molecule has 92 valence electrons. The van der Waals surface area contributed by atoms with Crippen molar-refractivity contribution in [2.75, 3.05) is 0 Å². The summed E-state index contributed by atoms with van der Waals surface area (Å²) < 4.78 is 6.85. The molecule has 2 heterocycles. The molecule has 2 aromatic heterocycles. The summed E-state index contributed by atoms with van der Waals surface area (Å²) in [6.45, 7) is 2.07. The van der Waals surface area contributed by atoms with Crippen molar-refractivity contribution in [1.82, 2.24) is 5.43 Å². The molecule has 0 bridgehead atoms. The first-order chi connectivity index (χ1) is 8.24. The van der Waals surface area contributed by atoms with Gasteiger partial charge < -0.3 is 4.42 Å². The molecule has 0 spiro atoms. The lowest BCUT2D eigenvalue weighted by molar-refractivity contribution is 0.397. The Bertz CT molecular complexity index is 480. The third kappa shape index (κ3) is 2.98. The summed E-state index contributed by atoms with van der Waals surface area (Å²) in [6, 6.07) is 6.06. The van der Waals surface area contributed by atoms with E-state index in [-0.39, 0.29) is 6.04 Å². The molecule has 0 radical (unpaired) electrons. The number of nitrogens with one attached hydrogen (secondary N) is 1. The van der Waals surface area contributed by atoms with Crippen LogP contribution in [0.4, 0.5) is 0 Å². The molecule has 0 aromatic carbocycles. The maximum atomic E-state index is 5.72. The molecule has 3 N–H and O–H groups in total. The van der Waals surface area contributed by atoms with Crippen LogP contribution in [-0.4, -0.2) is 0 Å². The molecular formula is C12H15BrN2OS. The van der Waals surface area contributed by atoms with Crippen molar-refractivity contribution < 1.29 is 4.42 Å². The van der Waals surface area contributed by atoms with Crippen LogP contribution in [0.5, 0.6) is 0 Å². The van der Waals surface area contributed by atoms with E-state index < -0.39 is 0 Å². The summed E-state index contributed by atoms with van der Waals surface area (Å²) in [4.78, 5) is 1.27. The highest BCUT2D eigenvalue weighted by atomic mass is 79.9. The highest BCUT2D eigenvalue weighted by molar-refractivity contribution is 9.10. The van der Waals surface area contributed by atoms with E-state index in [0.717, 1.165) is 28.8 Å². The van der Waals surface area contributed by atoms with Crippen LogP contribution >= 0.6 is 27.3 Å². The van der Waals surface area contributed by atoms with Crippen LogP contribution in [0.2, 0.25) is 0 Å². The van der Waals surface area contributed by atoms with Gasteiger partial charge in [-0.2, -0.15) is 0 Å². The molecule has 3 nitrogen and oxygen atoms in total. The van der Waals surface area contributed by atoms with Crippen LogP contribution in [-0.2, 0) is 12.8 Å². The molecule has 0 amide bonds. The quantitative estimate of drug-likeness (QED) is 0.657. The maximum absolute atomic E-state index is 5.72. The van der Waals surface area contributed by atoms with E-state index in [1.54, 1.807) is 11.3 Å². The second-order valence-electron chi connectivity index (χ2n) is 3.77. The van der Waals surface area contributed by atoms with E-state index in [1.165, 1.54) is 4.88 Å². The summed E-state index contributed by atoms with van der Waals surface area (Å²) in [7, 11) is 0. The second-order valence-corrected chi connectivity index (χ2v) is 5.63. The van der Waals surface area contributed by atoms with E-state index >= 15 is 0 Å². The van der Waals surface area contributed by atoms with Crippen LogP contribution in [0.15, 0.2) is 32.5 Å². The number of nitrogens with two attached hydrogens (primary N) is 1. The van der Waals surface area contributed by atoms with Gasteiger partial charge in [-0.05, 0) is 39.5 Å². The van der Waals surface area contributed by atoms with Gasteiger partial charge in [0.05, 0.1) is 6.04 Å². The lowest BCUT2D eigenvalue weighted by Gasteiger charge is -2.12. The number of rotatable bonds is 5. The molecule has 0 saturated carbocycles. The highest BCUT2D eigenvalue weighted by Crippen LogP contribution is 2.28. The number of aryl methyl sites for hydroxylation is 1. The normalized spacial score (nSPS) is 12.9. The molecule has 1 atom stereocenters. The first kappa shape index (κ1) is 12.8. The molecule has 1 unspecified atom stereocenters. The molecule has 0 saturated heterocycles. The van der Waals surface area contributed by atoms with Crippen LogP contribution in [0.3, 0.4) is 0 Å². The summed E-state index contributed by atoms with van der Waals surface area (Å²) in [5.74, 6) is 7.49. The number of hydrogen-bond donors (Lipinski definition) is 2. The Labute approximate surface area is 113 Å². The van der Waals surface area contributed by atoms with Gasteiger partial charge in [0.2, 0.25) is 0 Å². The number of thiophene rings is 1. The predicted molar refractivity (Wildman–Crippen MR) is 73.9 cm³/mol. The zero-order chi connectivity index (χ0) is 12.3. The van der Waals surface area contributed by atoms with Gasteiger partial charge in [0, 0.05) is 22.2 Å². The summed E-state index contributed by atoms with van der Waals surface area (Å²) >= 11 is 5.24. The zero-order valence-electron chi connectivity index (χ0n) is 9.57. The molecule has 0 aliphatic heterocycles. The third-order valence-electron chi connectivity index (χ3n) is 2.66. The van der Waals surface area contributed by atoms with Crippen molar-refractivity contribution in [3.8, 4) is 0 Å². The fourth-order valence-corrected chi connectivity index (χ4v) is 3.23. The van der Waals surface area contributed by atoms with Crippen molar-refractivity contribution in [2.45, 2.75) is 25.8 Å². The molecule has 5 heteroatoms. The average molecular weight is 315 g/mol. The van der Waals surface area contributed by atoms with E-state index in [9.17, 15) is 0 Å². The van der Waals surface area contributed by atoms with Crippen molar-refractivity contribution in [3.05, 3.63) is 44.4 Å². The Morgan fingerprint density at radius 3 is 2.82 bits per heavy atom. The number of hydrazine groups is 1. The topological polar surface area (TPSA) is 51.2 Å². The summed E-state index contributed by atoms with van der Waals surface area (Å²) in [5.41, 5.74) is 2.81. The number of furan rings is 1. The second kappa shape index (κ2) is 5.82. The van der Waals surface area contributed by atoms with Gasteiger partial charge in [0.15, 0.2) is 0 Å². The Morgan fingerprint density at radius 1 is 1.47 bits per heavy atom. The third-order valence-corrected chi connectivity index (χ3v) is 4.60. The summed E-state index contributed by atoms with van der Waals surface area (Å²) in [6.07, 6.45) is 1.73. The largest absolute Gasteiger partial charge is 0.464 e. The van der Waals surface area contributed by atoms with Crippen molar-refractivity contribution in [3.63, 3.8) is 0 Å². The smallest absolute Gasteiger partial charge is 0.122 e. The minimum absolute atomic E-state index is 0.0187. The van der Waals surface area contributed by atoms with E-state index in [0.29, 0.717) is 0 Å². The Balaban J connectivity index is 2.14. The minimum atomic E-state index is 0.0187. The molecule has 2 rings (SSSR count). The molecule has 2 aromatic rings. The molecular weight excluding hydrogens is 300 g/mol. The molecule has 0 aliphatic rings. The van der Waals surface area contributed by atoms with Crippen LogP contribution < -0.4 is 11.3 Å². The standard InChI is InChI=1S/C12H15BrN2OS/c1-2-8-3-4-11(16-8)10(15-14)7-12-9(13)5-6-17-12/h3-6,10,15H,2,7,14H2,1H3. The van der Waals surface area contributed by atoms with Gasteiger partial charge in [-0.25, -0.2) is 5.43 Å². The number of halogens is 1. The monoisotopic (exact) mass is 314 g/mol. The zero-order valence-corrected chi connectivity index (χ0v) is 12.0. The van der Waals surface area contributed by atoms with Gasteiger partial charge in [0.1, 0.15) is 11.5 Å². The van der Waals surface area contributed by atoms with Gasteiger partial charge in [-0.15, -0.1) is 11.3 Å². The van der Waals surface area contributed by atoms with Gasteiger partial charge in [0.25, 0.3) is 0 Å². The molecule has 0 fully saturated rings. The van der Waals surface area contributed by atoms with E-state index in [2.05, 4.69) is 33.7 Å². The van der Waals surface area contributed by atoms with Crippen LogP contribution in [0.25, 0.3) is 0 Å². The van der Waals surface area contributed by atoms with Gasteiger partial charge in [-0.1, -0.05) is 6.92 Å². The fraction of sp³-hybridized carbons (Fsp3) is 0.333. The van der Waals surface area contributed by atoms with Gasteiger partial charge in [-0.3, -0.25) is 5.84 Å². The Morgan fingerprint density at radius 2 is 2.29 bits per heavy atom. The maximum Gasteiger partial charge on any atom is 0.122 e. The Hall–Kier alpha value is -0.620. The minimum Gasteiger partial charge on any atom is -0.464 e. The predicted octanol–water partition coefficient (Wildman–Crippen LogP) is 3.41. The fourth-order valence-electron chi connectivity index (χ4n) is 1.67. The summed E-state index contributed by atoms with van der Waals surface area (Å²) in [5, 5.41) is 2.06. The molecule has 17 heavy (non-hydrogen) atoms. The lowest BCUT2D eigenvalue weighted by atomic mass is 10.1. The van der Waals surface area contributed by atoms with Crippen molar-refractivity contribution in [2.24, 2.45) is 5.84 Å². The Kier molecular flexibility index (Phi) is 4.39. The van der Waals surface area contributed by atoms with Crippen molar-refractivity contribution in [1.29, 1.82) is 0 Å².